The summed E-state index contributed by atoms with van der Waals surface area (Å²) in [6.45, 7) is 0.220. The molecule has 7 nitrogen and oxygen atoms in total. The summed E-state index contributed by atoms with van der Waals surface area (Å²) in [6, 6.07) is 13.0. The molecule has 0 aliphatic carbocycles. The second-order valence-corrected chi connectivity index (χ2v) is 10.9. The SMILES string of the molecule is O=C1Nc2ccc(-c3ccccc3F)cc2C(=O)N2CCC(NS(=O)(=O)c3cccs3)CC12. The highest BCUT2D eigenvalue weighted by molar-refractivity contribution is 7.91. The maximum atomic E-state index is 14.3. The van der Waals surface area contributed by atoms with Crippen molar-refractivity contribution >= 4 is 38.9 Å². The van der Waals surface area contributed by atoms with Gasteiger partial charge in [-0.15, -0.1) is 11.3 Å². The van der Waals surface area contributed by atoms with Gasteiger partial charge < -0.3 is 10.2 Å². The van der Waals surface area contributed by atoms with Crippen molar-refractivity contribution < 1.29 is 22.4 Å². The first-order valence-corrected chi connectivity index (χ1v) is 12.8. The first-order chi connectivity index (χ1) is 15.8. The molecular formula is C23H20FN3O4S2. The van der Waals surface area contributed by atoms with Crippen molar-refractivity contribution in [1.29, 1.82) is 0 Å². The molecule has 10 heteroatoms. The number of thiophene rings is 1. The minimum Gasteiger partial charge on any atom is -0.326 e. The summed E-state index contributed by atoms with van der Waals surface area (Å²) in [5, 5.41) is 4.47. The number of nitrogens with zero attached hydrogens (tertiary/aromatic N) is 1. The summed E-state index contributed by atoms with van der Waals surface area (Å²) >= 11 is 1.12. The molecule has 0 radical (unpaired) electrons. The Hall–Kier alpha value is -3.08. The fraction of sp³-hybridized carbons (Fsp3) is 0.217. The molecule has 0 saturated carbocycles. The number of hydrogen-bond donors (Lipinski definition) is 2. The van der Waals surface area contributed by atoms with E-state index in [1.165, 1.54) is 17.0 Å². The van der Waals surface area contributed by atoms with Gasteiger partial charge in [-0.3, -0.25) is 9.59 Å². The molecule has 5 rings (SSSR count). The predicted octanol–water partition coefficient (Wildman–Crippen LogP) is 3.46. The second-order valence-electron chi connectivity index (χ2n) is 8.02. The van der Waals surface area contributed by atoms with Gasteiger partial charge >= 0.3 is 0 Å². The zero-order chi connectivity index (χ0) is 23.2. The fourth-order valence-electron chi connectivity index (χ4n) is 4.32. The van der Waals surface area contributed by atoms with Crippen molar-refractivity contribution in [2.24, 2.45) is 0 Å². The summed E-state index contributed by atoms with van der Waals surface area (Å²) in [5.41, 5.74) is 1.54. The number of amides is 2. The third-order valence-corrected chi connectivity index (χ3v) is 8.86. The van der Waals surface area contributed by atoms with Gasteiger partial charge in [-0.1, -0.05) is 30.3 Å². The molecule has 3 aromatic rings. The zero-order valence-corrected chi connectivity index (χ0v) is 19.0. The van der Waals surface area contributed by atoms with E-state index in [1.54, 1.807) is 47.8 Å². The van der Waals surface area contributed by atoms with Crippen LogP contribution in [0.3, 0.4) is 0 Å². The second kappa shape index (κ2) is 8.36. The molecule has 0 spiro atoms. The number of halogens is 1. The molecule has 1 aromatic heterocycles. The lowest BCUT2D eigenvalue weighted by molar-refractivity contribution is -0.121. The van der Waals surface area contributed by atoms with E-state index < -0.39 is 27.9 Å². The lowest BCUT2D eigenvalue weighted by Crippen LogP contribution is -2.54. The summed E-state index contributed by atoms with van der Waals surface area (Å²) < 4.78 is 42.4. The Bertz CT molecular complexity index is 1340. The normalized spacial score (nSPS) is 20.6. The molecule has 0 bridgehead atoms. The Morgan fingerprint density at radius 2 is 1.88 bits per heavy atom. The lowest BCUT2D eigenvalue weighted by atomic mass is 9.96. The van der Waals surface area contributed by atoms with E-state index >= 15 is 0 Å². The summed E-state index contributed by atoms with van der Waals surface area (Å²) in [5.74, 6) is -1.12. The Kier molecular flexibility index (Phi) is 5.51. The minimum absolute atomic E-state index is 0.163. The van der Waals surface area contributed by atoms with Gasteiger partial charge in [0.25, 0.3) is 5.91 Å². The Labute approximate surface area is 194 Å². The Morgan fingerprint density at radius 1 is 1.06 bits per heavy atom. The van der Waals surface area contributed by atoms with E-state index in [2.05, 4.69) is 10.0 Å². The number of hydrogen-bond acceptors (Lipinski definition) is 5. The van der Waals surface area contributed by atoms with Crippen LogP contribution in [0.2, 0.25) is 0 Å². The molecule has 33 heavy (non-hydrogen) atoms. The molecule has 170 valence electrons. The predicted molar refractivity (Wildman–Crippen MR) is 123 cm³/mol. The third kappa shape index (κ3) is 4.05. The van der Waals surface area contributed by atoms with Crippen LogP contribution in [0, 0.1) is 5.82 Å². The van der Waals surface area contributed by atoms with E-state index in [1.807, 2.05) is 0 Å². The Morgan fingerprint density at radius 3 is 2.64 bits per heavy atom. The number of fused-ring (bicyclic) bond motifs is 2. The van der Waals surface area contributed by atoms with Crippen LogP contribution in [-0.2, 0) is 14.8 Å². The number of nitrogens with one attached hydrogen (secondary N) is 2. The van der Waals surface area contributed by atoms with Crippen LogP contribution in [0.15, 0.2) is 64.2 Å². The average Bonchev–Trinajstić information content (AvgIpc) is 3.32. The van der Waals surface area contributed by atoms with Gasteiger partial charge in [-0.05, 0) is 48.1 Å². The average molecular weight is 486 g/mol. The molecule has 1 saturated heterocycles. The summed E-state index contributed by atoms with van der Waals surface area (Å²) in [4.78, 5) is 27.8. The highest BCUT2D eigenvalue weighted by Gasteiger charge is 2.41. The van der Waals surface area contributed by atoms with E-state index in [9.17, 15) is 22.4 Å². The van der Waals surface area contributed by atoms with Crippen LogP contribution in [0.5, 0.6) is 0 Å². The summed E-state index contributed by atoms with van der Waals surface area (Å²) in [6.07, 6.45) is 0.540. The van der Waals surface area contributed by atoms with Gasteiger partial charge in [0.2, 0.25) is 15.9 Å². The zero-order valence-electron chi connectivity index (χ0n) is 17.3. The summed E-state index contributed by atoms with van der Waals surface area (Å²) in [7, 11) is -3.69. The molecule has 2 aliphatic heterocycles. The number of piperidine rings is 1. The first kappa shape index (κ1) is 21.7. The Balaban J connectivity index is 1.41. The molecule has 2 unspecified atom stereocenters. The molecule has 1 fully saturated rings. The molecule has 2 amide bonds. The van der Waals surface area contributed by atoms with Crippen molar-refractivity contribution in [3.05, 3.63) is 71.4 Å². The smallest absolute Gasteiger partial charge is 0.256 e. The minimum atomic E-state index is -3.69. The van der Waals surface area contributed by atoms with E-state index in [0.29, 0.717) is 23.2 Å². The van der Waals surface area contributed by atoms with Crippen LogP contribution in [0.4, 0.5) is 10.1 Å². The molecule has 2 N–H and O–H groups in total. The molecule has 3 heterocycles. The maximum Gasteiger partial charge on any atom is 0.256 e. The van der Waals surface area contributed by atoms with E-state index in [4.69, 9.17) is 0 Å². The topological polar surface area (TPSA) is 95.6 Å². The number of benzene rings is 2. The quantitative estimate of drug-likeness (QED) is 0.592. The van der Waals surface area contributed by atoms with Crippen molar-refractivity contribution in [2.45, 2.75) is 29.1 Å². The number of anilines is 1. The largest absolute Gasteiger partial charge is 0.326 e. The van der Waals surface area contributed by atoms with Crippen LogP contribution in [-0.4, -0.2) is 43.8 Å². The van der Waals surface area contributed by atoms with Gasteiger partial charge in [0, 0.05) is 18.2 Å². The van der Waals surface area contributed by atoms with Gasteiger partial charge in [-0.2, -0.15) is 0 Å². The monoisotopic (exact) mass is 485 g/mol. The van der Waals surface area contributed by atoms with Crippen molar-refractivity contribution in [3.8, 4) is 11.1 Å². The molecule has 2 atom stereocenters. The van der Waals surface area contributed by atoms with Crippen LogP contribution >= 0.6 is 11.3 Å². The van der Waals surface area contributed by atoms with Crippen LogP contribution < -0.4 is 10.0 Å². The van der Waals surface area contributed by atoms with Crippen LogP contribution in [0.25, 0.3) is 11.1 Å². The van der Waals surface area contributed by atoms with Crippen LogP contribution in [0.1, 0.15) is 23.2 Å². The van der Waals surface area contributed by atoms with Crippen molar-refractivity contribution in [1.82, 2.24) is 9.62 Å². The third-order valence-electron chi connectivity index (χ3n) is 5.94. The van der Waals surface area contributed by atoms with Gasteiger partial charge in [0.05, 0.1) is 11.3 Å². The first-order valence-electron chi connectivity index (χ1n) is 10.4. The number of sulfonamides is 1. The van der Waals surface area contributed by atoms with Gasteiger partial charge in [0.1, 0.15) is 16.1 Å². The van der Waals surface area contributed by atoms with Gasteiger partial charge in [-0.25, -0.2) is 17.5 Å². The highest BCUT2D eigenvalue weighted by atomic mass is 32.2. The lowest BCUT2D eigenvalue weighted by Gasteiger charge is -2.37. The molecule has 2 aromatic carbocycles. The highest BCUT2D eigenvalue weighted by Crippen LogP contribution is 2.33. The number of carbonyl (C=O) groups is 2. The molecular weight excluding hydrogens is 465 g/mol. The standard InChI is InChI=1S/C23H20FN3O4S2/c24-18-5-2-1-4-16(18)14-7-8-19-17(12-14)23(29)27-10-9-15(13-20(27)22(28)25-19)26-33(30,31)21-6-3-11-32-21/h1-8,11-12,15,20,26H,9-10,13H2,(H,25,28). The fourth-order valence-corrected chi connectivity index (χ4v) is 6.61. The van der Waals surface area contributed by atoms with E-state index in [-0.39, 0.29) is 34.6 Å². The number of rotatable bonds is 4. The number of carbonyl (C=O) groups excluding carboxylic acids is 2. The maximum absolute atomic E-state index is 14.3. The van der Waals surface area contributed by atoms with Gasteiger partial charge in [0.15, 0.2) is 0 Å². The van der Waals surface area contributed by atoms with Crippen molar-refractivity contribution in [3.63, 3.8) is 0 Å². The van der Waals surface area contributed by atoms with Crippen molar-refractivity contribution in [2.75, 3.05) is 11.9 Å². The van der Waals surface area contributed by atoms with E-state index in [0.717, 1.165) is 11.3 Å². The molecule has 2 aliphatic rings.